The number of primary amides is 1. The van der Waals surface area contributed by atoms with Crippen molar-refractivity contribution >= 4 is 17.6 Å². The molecule has 1 aromatic heterocycles. The predicted molar refractivity (Wildman–Crippen MR) is 90.5 cm³/mol. The average molecular weight is 345 g/mol. The number of halogens is 1. The zero-order valence-corrected chi connectivity index (χ0v) is 13.9. The molecule has 2 amide bonds. The van der Waals surface area contributed by atoms with Crippen LogP contribution < -0.4 is 11.5 Å². The molecule has 1 aliphatic rings. The maximum atomic E-state index is 14.2. The molecular weight excluding hydrogens is 325 g/mol. The van der Waals surface area contributed by atoms with E-state index >= 15 is 0 Å². The highest BCUT2D eigenvalue weighted by atomic mass is 19.1. The Morgan fingerprint density at radius 2 is 1.96 bits per heavy atom. The van der Waals surface area contributed by atoms with Crippen LogP contribution in [0.1, 0.15) is 45.3 Å². The van der Waals surface area contributed by atoms with Gasteiger partial charge in [0.1, 0.15) is 11.6 Å². The summed E-state index contributed by atoms with van der Waals surface area (Å²) >= 11 is 0. The molecule has 8 heteroatoms. The smallest absolute Gasteiger partial charge is 0.271 e. The fourth-order valence-electron chi connectivity index (χ4n) is 3.18. The summed E-state index contributed by atoms with van der Waals surface area (Å²) in [5.41, 5.74) is 11.8. The lowest BCUT2D eigenvalue weighted by Gasteiger charge is -2.33. The van der Waals surface area contributed by atoms with Crippen molar-refractivity contribution in [2.45, 2.75) is 25.8 Å². The molecule has 7 nitrogen and oxygen atoms in total. The van der Waals surface area contributed by atoms with E-state index < -0.39 is 11.7 Å². The molecule has 1 saturated heterocycles. The van der Waals surface area contributed by atoms with Crippen molar-refractivity contribution in [2.24, 2.45) is 5.73 Å². The number of carbonyl (C=O) groups is 2. The zero-order chi connectivity index (χ0) is 18.1. The van der Waals surface area contributed by atoms with Crippen LogP contribution in [0, 0.1) is 12.7 Å². The number of nitrogens with two attached hydrogens (primary N) is 2. The number of amides is 2. The van der Waals surface area contributed by atoms with Gasteiger partial charge in [0.2, 0.25) is 0 Å². The van der Waals surface area contributed by atoms with Crippen LogP contribution in [-0.4, -0.2) is 39.4 Å². The molecule has 4 N–H and O–H groups in total. The quantitative estimate of drug-likeness (QED) is 0.878. The van der Waals surface area contributed by atoms with Gasteiger partial charge in [0.05, 0.1) is 11.9 Å². The Morgan fingerprint density at radius 1 is 1.28 bits per heavy atom. The fraction of sp³-hybridized carbons (Fsp3) is 0.353. The number of nitrogens with zero attached hydrogens (tertiary/aromatic N) is 3. The molecule has 0 unspecified atom stereocenters. The van der Waals surface area contributed by atoms with Gasteiger partial charge in [0.15, 0.2) is 5.69 Å². The number of anilines is 1. The summed E-state index contributed by atoms with van der Waals surface area (Å²) in [6.45, 7) is 2.58. The predicted octanol–water partition coefficient (Wildman–Crippen LogP) is 1.49. The Kier molecular flexibility index (Phi) is 4.43. The van der Waals surface area contributed by atoms with Gasteiger partial charge in [0.25, 0.3) is 11.8 Å². The second kappa shape index (κ2) is 6.54. The van der Waals surface area contributed by atoms with Gasteiger partial charge in [-0.2, -0.15) is 0 Å². The van der Waals surface area contributed by atoms with E-state index in [0.29, 0.717) is 31.5 Å². The topological polar surface area (TPSA) is 107 Å². The van der Waals surface area contributed by atoms with Crippen molar-refractivity contribution in [3.63, 3.8) is 0 Å². The SMILES string of the molecule is Cc1cccc(C(=O)N2CCC(n3cnc(C(N)=O)c3N)CC2)c1F. The standard InChI is InChI=1S/C17H20FN5O2/c1-10-3-2-4-12(13(10)18)17(25)22-7-5-11(6-8-22)23-9-21-14(15(23)19)16(20)24/h2-4,9,11H,5-8,19H2,1H3,(H2,20,24). The Bertz CT molecular complexity index is 824. The third-order valence-electron chi connectivity index (χ3n) is 4.63. The minimum atomic E-state index is -0.668. The third kappa shape index (κ3) is 3.07. The van der Waals surface area contributed by atoms with Gasteiger partial charge in [-0.25, -0.2) is 9.37 Å². The van der Waals surface area contributed by atoms with E-state index in [9.17, 15) is 14.0 Å². The summed E-state index contributed by atoms with van der Waals surface area (Å²) in [6.07, 6.45) is 2.77. The van der Waals surface area contributed by atoms with Gasteiger partial charge in [0, 0.05) is 19.1 Å². The van der Waals surface area contributed by atoms with Crippen molar-refractivity contribution in [1.29, 1.82) is 0 Å². The molecule has 0 bridgehead atoms. The fourth-order valence-corrected chi connectivity index (χ4v) is 3.18. The van der Waals surface area contributed by atoms with Crippen LogP contribution >= 0.6 is 0 Å². The lowest BCUT2D eigenvalue weighted by molar-refractivity contribution is 0.0690. The summed E-state index contributed by atoms with van der Waals surface area (Å²) < 4.78 is 15.9. The van der Waals surface area contributed by atoms with Crippen LogP contribution in [0.2, 0.25) is 0 Å². The molecule has 1 fully saturated rings. The lowest BCUT2D eigenvalue weighted by Crippen LogP contribution is -2.39. The molecule has 0 aliphatic carbocycles. The van der Waals surface area contributed by atoms with E-state index in [4.69, 9.17) is 11.5 Å². The molecule has 2 aromatic rings. The number of carbonyl (C=O) groups excluding carboxylic acids is 2. The number of piperidine rings is 1. The van der Waals surface area contributed by atoms with Crippen molar-refractivity contribution < 1.29 is 14.0 Å². The molecule has 0 spiro atoms. The van der Waals surface area contributed by atoms with E-state index in [2.05, 4.69) is 4.98 Å². The van der Waals surface area contributed by atoms with Crippen LogP contribution in [-0.2, 0) is 0 Å². The van der Waals surface area contributed by atoms with Crippen molar-refractivity contribution in [3.05, 3.63) is 47.2 Å². The van der Waals surface area contributed by atoms with E-state index in [1.54, 1.807) is 28.5 Å². The van der Waals surface area contributed by atoms with Gasteiger partial charge in [-0.3, -0.25) is 9.59 Å². The highest BCUT2D eigenvalue weighted by Crippen LogP contribution is 2.27. The molecule has 1 aliphatic heterocycles. The number of imidazole rings is 1. The molecule has 3 rings (SSSR count). The average Bonchev–Trinajstić information content (AvgIpc) is 2.98. The number of rotatable bonds is 3. The largest absolute Gasteiger partial charge is 0.383 e. The Balaban J connectivity index is 1.71. The molecular formula is C17H20FN5O2. The Labute approximate surface area is 144 Å². The van der Waals surface area contributed by atoms with E-state index in [-0.39, 0.29) is 29.0 Å². The third-order valence-corrected chi connectivity index (χ3v) is 4.63. The molecule has 25 heavy (non-hydrogen) atoms. The summed E-state index contributed by atoms with van der Waals surface area (Å²) in [5, 5.41) is 0. The summed E-state index contributed by atoms with van der Waals surface area (Å²) in [5.74, 6) is -1.21. The summed E-state index contributed by atoms with van der Waals surface area (Å²) in [7, 11) is 0. The molecule has 1 aromatic carbocycles. The van der Waals surface area contributed by atoms with Gasteiger partial charge in [-0.15, -0.1) is 0 Å². The van der Waals surface area contributed by atoms with E-state index in [0.717, 1.165) is 0 Å². The number of benzene rings is 1. The first-order valence-corrected chi connectivity index (χ1v) is 8.06. The van der Waals surface area contributed by atoms with Crippen LogP contribution in [0.5, 0.6) is 0 Å². The number of likely N-dealkylation sites (tertiary alicyclic amines) is 1. The van der Waals surface area contributed by atoms with Crippen LogP contribution in [0.3, 0.4) is 0 Å². The highest BCUT2D eigenvalue weighted by Gasteiger charge is 2.28. The Morgan fingerprint density at radius 3 is 2.56 bits per heavy atom. The van der Waals surface area contributed by atoms with Gasteiger partial charge in [-0.1, -0.05) is 12.1 Å². The molecule has 0 radical (unpaired) electrons. The number of aromatic nitrogens is 2. The molecule has 132 valence electrons. The van der Waals surface area contributed by atoms with E-state index in [1.807, 2.05) is 0 Å². The minimum absolute atomic E-state index is 0.0204. The summed E-state index contributed by atoms with van der Waals surface area (Å²) in [6, 6.07) is 4.84. The Hall–Kier alpha value is -2.90. The monoisotopic (exact) mass is 345 g/mol. The normalized spacial score (nSPS) is 15.4. The molecule has 0 atom stereocenters. The van der Waals surface area contributed by atoms with Gasteiger partial charge >= 0.3 is 0 Å². The van der Waals surface area contributed by atoms with E-state index in [1.165, 1.54) is 12.4 Å². The zero-order valence-electron chi connectivity index (χ0n) is 13.9. The molecule has 2 heterocycles. The summed E-state index contributed by atoms with van der Waals surface area (Å²) in [4.78, 5) is 29.4. The van der Waals surface area contributed by atoms with Crippen LogP contribution in [0.25, 0.3) is 0 Å². The first kappa shape index (κ1) is 16.9. The number of hydrogen-bond acceptors (Lipinski definition) is 4. The van der Waals surface area contributed by atoms with Crippen LogP contribution in [0.4, 0.5) is 10.2 Å². The highest BCUT2D eigenvalue weighted by molar-refractivity contribution is 5.95. The second-order valence-electron chi connectivity index (χ2n) is 6.21. The maximum absolute atomic E-state index is 14.2. The van der Waals surface area contributed by atoms with Crippen LogP contribution in [0.15, 0.2) is 24.5 Å². The maximum Gasteiger partial charge on any atom is 0.271 e. The number of hydrogen-bond donors (Lipinski definition) is 2. The first-order chi connectivity index (χ1) is 11.9. The first-order valence-electron chi connectivity index (χ1n) is 8.06. The van der Waals surface area contributed by atoms with Crippen molar-refractivity contribution in [3.8, 4) is 0 Å². The number of aryl methyl sites for hydroxylation is 1. The lowest BCUT2D eigenvalue weighted by atomic mass is 10.0. The van der Waals surface area contributed by atoms with Crippen molar-refractivity contribution in [1.82, 2.24) is 14.5 Å². The van der Waals surface area contributed by atoms with Crippen molar-refractivity contribution in [2.75, 3.05) is 18.8 Å². The van der Waals surface area contributed by atoms with Gasteiger partial charge in [-0.05, 0) is 31.4 Å². The number of nitrogen functional groups attached to an aromatic ring is 1. The second-order valence-corrected chi connectivity index (χ2v) is 6.21. The molecule has 0 saturated carbocycles. The minimum Gasteiger partial charge on any atom is -0.383 e. The van der Waals surface area contributed by atoms with Gasteiger partial charge < -0.3 is 20.9 Å².